The number of amides is 1. The number of nitrogens with one attached hydrogen (secondary N) is 2. The molecule has 1 amide bonds. The summed E-state index contributed by atoms with van der Waals surface area (Å²) in [6, 6.07) is 12.6. The van der Waals surface area contributed by atoms with Crippen LogP contribution in [0.3, 0.4) is 0 Å². The largest absolute Gasteiger partial charge is 0.454 e. The molecule has 0 spiro atoms. The van der Waals surface area contributed by atoms with Gasteiger partial charge in [-0.1, -0.05) is 32.9 Å². The highest BCUT2D eigenvalue weighted by Crippen LogP contribution is 2.26. The number of carbonyl (C=O) groups excluding carboxylic acids is 1. The average Bonchev–Trinajstić information content (AvgIpc) is 3.20. The summed E-state index contributed by atoms with van der Waals surface area (Å²) in [6.45, 7) is 9.16. The number of furan rings is 1. The Balaban J connectivity index is 0.00000341. The molecule has 0 radical (unpaired) electrons. The summed E-state index contributed by atoms with van der Waals surface area (Å²) >= 11 is 0. The first-order valence-corrected chi connectivity index (χ1v) is 10.5. The Morgan fingerprint density at radius 3 is 2.32 bits per heavy atom. The zero-order valence-electron chi connectivity index (χ0n) is 18.8. The lowest BCUT2D eigenvalue weighted by molar-refractivity contribution is 0.0972. The monoisotopic (exact) mass is 539 g/mol. The van der Waals surface area contributed by atoms with Crippen LogP contribution in [0.1, 0.15) is 55.5 Å². The number of nitrogens with zero attached hydrogens (tertiary/aromatic N) is 2. The van der Waals surface area contributed by atoms with Gasteiger partial charge in [0.05, 0.1) is 6.54 Å². The Hall–Kier alpha value is -2.23. The molecule has 0 unspecified atom stereocenters. The Labute approximate surface area is 201 Å². The molecule has 4 N–H and O–H groups in total. The molecule has 1 aromatic heterocycles. The summed E-state index contributed by atoms with van der Waals surface area (Å²) in [6.07, 6.45) is 2.07. The molecule has 1 saturated heterocycles. The SMILES string of the molecule is CN=C(NCc1ccc(C(N)=O)o1)NC1CCN(c2ccc(C(C)(C)C)cc2)CC1.I. The third-order valence-corrected chi connectivity index (χ3v) is 5.49. The number of primary amides is 1. The summed E-state index contributed by atoms with van der Waals surface area (Å²) < 4.78 is 5.40. The van der Waals surface area contributed by atoms with E-state index in [2.05, 4.69) is 65.6 Å². The zero-order valence-corrected chi connectivity index (χ0v) is 21.1. The number of guanidine groups is 1. The number of aliphatic imine (C=N–C) groups is 1. The number of anilines is 1. The highest BCUT2D eigenvalue weighted by Gasteiger charge is 2.21. The quantitative estimate of drug-likeness (QED) is 0.307. The number of hydrogen-bond donors (Lipinski definition) is 3. The van der Waals surface area contributed by atoms with Gasteiger partial charge < -0.3 is 25.7 Å². The van der Waals surface area contributed by atoms with E-state index < -0.39 is 5.91 Å². The van der Waals surface area contributed by atoms with Gasteiger partial charge in [0.1, 0.15) is 5.76 Å². The lowest BCUT2D eigenvalue weighted by Crippen LogP contribution is -2.48. The van der Waals surface area contributed by atoms with E-state index in [1.807, 2.05) is 0 Å². The van der Waals surface area contributed by atoms with Gasteiger partial charge in [-0.2, -0.15) is 0 Å². The molecule has 1 aliphatic rings. The topological polar surface area (TPSA) is 95.9 Å². The van der Waals surface area contributed by atoms with Gasteiger partial charge >= 0.3 is 0 Å². The molecule has 31 heavy (non-hydrogen) atoms. The molecule has 170 valence electrons. The predicted molar refractivity (Wildman–Crippen MR) is 136 cm³/mol. The maximum atomic E-state index is 11.1. The average molecular weight is 539 g/mol. The molecule has 1 aromatic carbocycles. The third kappa shape index (κ3) is 6.88. The van der Waals surface area contributed by atoms with Gasteiger partial charge in [-0.05, 0) is 48.1 Å². The fraction of sp³-hybridized carbons (Fsp3) is 0.478. The first kappa shape index (κ1) is 25.0. The second-order valence-corrected chi connectivity index (χ2v) is 8.76. The van der Waals surface area contributed by atoms with Crippen LogP contribution in [0.5, 0.6) is 0 Å². The molecule has 7 nitrogen and oxygen atoms in total. The molecule has 1 fully saturated rings. The van der Waals surface area contributed by atoms with E-state index in [4.69, 9.17) is 10.2 Å². The van der Waals surface area contributed by atoms with Gasteiger partial charge in [0, 0.05) is 31.9 Å². The van der Waals surface area contributed by atoms with Crippen LogP contribution in [-0.4, -0.2) is 38.0 Å². The van der Waals surface area contributed by atoms with E-state index >= 15 is 0 Å². The van der Waals surface area contributed by atoms with Crippen molar-refractivity contribution in [2.24, 2.45) is 10.7 Å². The molecule has 1 aliphatic heterocycles. The maximum Gasteiger partial charge on any atom is 0.284 e. The van der Waals surface area contributed by atoms with Crippen LogP contribution in [0.25, 0.3) is 0 Å². The second-order valence-electron chi connectivity index (χ2n) is 8.76. The lowest BCUT2D eigenvalue weighted by atomic mass is 9.87. The van der Waals surface area contributed by atoms with Crippen molar-refractivity contribution in [2.75, 3.05) is 25.0 Å². The number of hydrogen-bond acceptors (Lipinski definition) is 4. The maximum absolute atomic E-state index is 11.1. The van der Waals surface area contributed by atoms with Crippen LogP contribution in [0.4, 0.5) is 5.69 Å². The molecule has 8 heteroatoms. The van der Waals surface area contributed by atoms with Crippen LogP contribution in [0, 0.1) is 0 Å². The van der Waals surface area contributed by atoms with Crippen molar-refractivity contribution < 1.29 is 9.21 Å². The lowest BCUT2D eigenvalue weighted by Gasteiger charge is -2.35. The number of nitrogens with two attached hydrogens (primary N) is 1. The third-order valence-electron chi connectivity index (χ3n) is 5.49. The molecule has 2 aromatic rings. The Kier molecular flexibility index (Phi) is 8.79. The first-order chi connectivity index (χ1) is 14.3. The van der Waals surface area contributed by atoms with E-state index in [0.717, 1.165) is 31.9 Å². The predicted octanol–water partition coefficient (Wildman–Crippen LogP) is 3.63. The Bertz CT molecular complexity index is 878. The van der Waals surface area contributed by atoms with Crippen molar-refractivity contribution in [2.45, 2.75) is 51.6 Å². The van der Waals surface area contributed by atoms with Crippen molar-refractivity contribution in [1.29, 1.82) is 0 Å². The van der Waals surface area contributed by atoms with Crippen LogP contribution >= 0.6 is 24.0 Å². The van der Waals surface area contributed by atoms with Crippen LogP contribution in [0.15, 0.2) is 45.8 Å². The minimum atomic E-state index is -0.566. The van der Waals surface area contributed by atoms with E-state index in [0.29, 0.717) is 18.3 Å². The highest BCUT2D eigenvalue weighted by molar-refractivity contribution is 14.0. The minimum absolute atomic E-state index is 0. The van der Waals surface area contributed by atoms with E-state index in [9.17, 15) is 4.79 Å². The van der Waals surface area contributed by atoms with Crippen molar-refractivity contribution in [3.05, 3.63) is 53.5 Å². The fourth-order valence-electron chi connectivity index (χ4n) is 3.62. The van der Waals surface area contributed by atoms with Gasteiger partial charge in [-0.15, -0.1) is 24.0 Å². The summed E-state index contributed by atoms with van der Waals surface area (Å²) in [5.74, 6) is 0.960. The van der Waals surface area contributed by atoms with Crippen molar-refractivity contribution in [1.82, 2.24) is 10.6 Å². The summed E-state index contributed by atoms with van der Waals surface area (Å²) in [5, 5.41) is 6.71. The van der Waals surface area contributed by atoms with Gasteiger partial charge in [0.15, 0.2) is 11.7 Å². The minimum Gasteiger partial charge on any atom is -0.454 e. The summed E-state index contributed by atoms with van der Waals surface area (Å²) in [5.41, 5.74) is 8.04. The summed E-state index contributed by atoms with van der Waals surface area (Å²) in [7, 11) is 1.75. The summed E-state index contributed by atoms with van der Waals surface area (Å²) in [4.78, 5) is 17.9. The molecular weight excluding hydrogens is 505 g/mol. The van der Waals surface area contributed by atoms with Crippen LogP contribution < -0.4 is 21.3 Å². The number of rotatable bonds is 5. The molecule has 0 saturated carbocycles. The smallest absolute Gasteiger partial charge is 0.284 e. The molecule has 0 aliphatic carbocycles. The van der Waals surface area contributed by atoms with Crippen molar-refractivity contribution >= 4 is 41.5 Å². The van der Waals surface area contributed by atoms with E-state index in [1.54, 1.807) is 19.2 Å². The van der Waals surface area contributed by atoms with Crippen LogP contribution in [-0.2, 0) is 12.0 Å². The normalized spacial score (nSPS) is 15.4. The zero-order chi connectivity index (χ0) is 21.7. The number of carbonyl (C=O) groups is 1. The molecule has 2 heterocycles. The van der Waals surface area contributed by atoms with Gasteiger partial charge in [0.2, 0.25) is 0 Å². The van der Waals surface area contributed by atoms with Gasteiger partial charge in [0.25, 0.3) is 5.91 Å². The molecule has 3 rings (SSSR count). The van der Waals surface area contributed by atoms with Crippen molar-refractivity contribution in [3.63, 3.8) is 0 Å². The molecule has 0 atom stereocenters. The van der Waals surface area contributed by atoms with E-state index in [1.165, 1.54) is 11.3 Å². The molecule has 0 bridgehead atoms. The fourth-order valence-corrected chi connectivity index (χ4v) is 3.62. The van der Waals surface area contributed by atoms with Gasteiger partial charge in [-0.25, -0.2) is 0 Å². The Morgan fingerprint density at radius 2 is 1.81 bits per heavy atom. The standard InChI is InChI=1S/C23H33N5O2.HI/c1-23(2,3)16-5-7-18(8-6-16)28-13-11-17(12-14-28)27-22(25-4)26-15-19-9-10-20(30-19)21(24)29;/h5-10,17H,11-15H2,1-4H3,(H2,24,29)(H2,25,26,27);1H. The van der Waals surface area contributed by atoms with E-state index in [-0.39, 0.29) is 35.2 Å². The van der Waals surface area contributed by atoms with Crippen LogP contribution in [0.2, 0.25) is 0 Å². The molecular formula is C23H34IN5O2. The number of benzene rings is 1. The number of halogens is 1. The van der Waals surface area contributed by atoms with Gasteiger partial charge in [-0.3, -0.25) is 9.79 Å². The van der Waals surface area contributed by atoms with Crippen molar-refractivity contribution in [3.8, 4) is 0 Å². The Morgan fingerprint density at radius 1 is 1.16 bits per heavy atom. The highest BCUT2D eigenvalue weighted by atomic mass is 127. The number of piperidine rings is 1. The second kappa shape index (κ2) is 10.9. The first-order valence-electron chi connectivity index (χ1n) is 10.5.